The molecule has 0 spiro atoms. The molecular formula is C27H30N2O5S. The highest BCUT2D eigenvalue weighted by atomic mass is 32.2. The summed E-state index contributed by atoms with van der Waals surface area (Å²) in [4.78, 5) is 38.9. The number of aliphatic carboxylic acids is 1. The number of alkyl carbamates (subject to hydrolysis) is 1. The van der Waals surface area contributed by atoms with Gasteiger partial charge in [-0.1, -0.05) is 61.4 Å². The number of amides is 2. The number of hydrogen-bond donors (Lipinski definition) is 2. The van der Waals surface area contributed by atoms with Gasteiger partial charge in [-0.15, -0.1) is 11.8 Å². The van der Waals surface area contributed by atoms with E-state index in [1.54, 1.807) is 0 Å². The fourth-order valence-electron chi connectivity index (χ4n) is 5.72. The number of rotatable bonds is 6. The van der Waals surface area contributed by atoms with Crippen LogP contribution in [0.25, 0.3) is 11.1 Å². The summed E-state index contributed by atoms with van der Waals surface area (Å²) < 4.78 is 5.65. The molecule has 3 atom stereocenters. The second-order valence-corrected chi connectivity index (χ2v) is 10.5. The second-order valence-electron chi connectivity index (χ2n) is 9.52. The lowest BCUT2D eigenvalue weighted by Gasteiger charge is -2.34. The van der Waals surface area contributed by atoms with Crippen molar-refractivity contribution in [3.8, 4) is 11.1 Å². The van der Waals surface area contributed by atoms with Gasteiger partial charge >= 0.3 is 12.1 Å². The maximum absolute atomic E-state index is 13.2. The molecule has 2 aromatic carbocycles. The van der Waals surface area contributed by atoms with Gasteiger partial charge in [0.2, 0.25) is 5.91 Å². The number of thioether (sulfide) groups is 1. The number of carboxylic acid groups (broad SMARTS) is 1. The summed E-state index contributed by atoms with van der Waals surface area (Å²) in [6.07, 6.45) is 3.01. The van der Waals surface area contributed by atoms with Crippen LogP contribution in [0.15, 0.2) is 48.5 Å². The summed E-state index contributed by atoms with van der Waals surface area (Å²) in [5.41, 5.74) is 4.69. The first-order valence-corrected chi connectivity index (χ1v) is 13.4. The summed E-state index contributed by atoms with van der Waals surface area (Å²) in [6, 6.07) is 15.7. The monoisotopic (exact) mass is 494 g/mol. The number of ether oxygens (including phenoxy) is 1. The normalized spacial score (nSPS) is 23.4. The predicted octanol–water partition coefficient (Wildman–Crippen LogP) is 4.32. The van der Waals surface area contributed by atoms with E-state index in [0.29, 0.717) is 18.2 Å². The summed E-state index contributed by atoms with van der Waals surface area (Å²) in [7, 11) is 0. The number of carbonyl (C=O) groups excluding carboxylic acids is 2. The summed E-state index contributed by atoms with van der Waals surface area (Å²) in [5, 5.41) is 12.3. The second kappa shape index (κ2) is 10.3. The van der Waals surface area contributed by atoms with Crippen molar-refractivity contribution in [2.75, 3.05) is 24.8 Å². The Morgan fingerprint density at radius 1 is 1.00 bits per heavy atom. The molecule has 2 aliphatic carbocycles. The van der Waals surface area contributed by atoms with Gasteiger partial charge < -0.3 is 20.1 Å². The van der Waals surface area contributed by atoms with E-state index in [0.717, 1.165) is 36.8 Å². The first kappa shape index (κ1) is 23.7. The molecule has 1 saturated heterocycles. The van der Waals surface area contributed by atoms with Gasteiger partial charge in [-0.25, -0.2) is 9.59 Å². The van der Waals surface area contributed by atoms with Gasteiger partial charge in [0.25, 0.3) is 0 Å². The maximum atomic E-state index is 13.2. The number of nitrogens with zero attached hydrogens (tertiary/aromatic N) is 1. The Morgan fingerprint density at radius 2 is 1.66 bits per heavy atom. The Morgan fingerprint density at radius 3 is 2.34 bits per heavy atom. The highest BCUT2D eigenvalue weighted by Crippen LogP contribution is 2.44. The standard InChI is InChI=1S/C27H30N2O5S/c30-25(29-16-35-15-24(29)26(31)32)18-8-2-1-7-17(18)13-28-27(33)34-14-23-21-11-5-3-9-19(21)20-10-4-6-12-22(20)23/h3-6,9-12,17-18,23-24H,1-2,7-8,13-16H2,(H,28,33)(H,31,32)/t17-,18-,24+/m1/s1. The topological polar surface area (TPSA) is 95.9 Å². The Balaban J connectivity index is 1.19. The van der Waals surface area contributed by atoms with E-state index in [-0.39, 0.29) is 30.3 Å². The highest BCUT2D eigenvalue weighted by Gasteiger charge is 2.41. The minimum absolute atomic E-state index is 0.00206. The van der Waals surface area contributed by atoms with Gasteiger partial charge in [0.15, 0.2) is 0 Å². The van der Waals surface area contributed by atoms with E-state index in [9.17, 15) is 19.5 Å². The average molecular weight is 495 g/mol. The number of nitrogens with one attached hydrogen (secondary N) is 1. The third-order valence-corrected chi connectivity index (χ3v) is 8.54. The van der Waals surface area contributed by atoms with Crippen molar-refractivity contribution in [2.24, 2.45) is 11.8 Å². The Bertz CT molecular complexity index is 1080. The predicted molar refractivity (Wildman–Crippen MR) is 134 cm³/mol. The molecule has 0 radical (unpaired) electrons. The van der Waals surface area contributed by atoms with Crippen LogP contribution < -0.4 is 5.32 Å². The minimum atomic E-state index is -0.951. The zero-order chi connectivity index (χ0) is 24.4. The zero-order valence-electron chi connectivity index (χ0n) is 19.5. The number of carbonyl (C=O) groups is 3. The quantitative estimate of drug-likeness (QED) is 0.621. The Labute approximate surface area is 209 Å². The number of carboxylic acids is 1. The third kappa shape index (κ3) is 4.76. The summed E-state index contributed by atoms with van der Waals surface area (Å²) in [5.74, 6) is -0.489. The lowest BCUT2D eigenvalue weighted by Crippen LogP contribution is -2.48. The first-order valence-electron chi connectivity index (χ1n) is 12.2. The van der Waals surface area contributed by atoms with Crippen LogP contribution in [0, 0.1) is 11.8 Å². The van der Waals surface area contributed by atoms with Crippen molar-refractivity contribution < 1.29 is 24.2 Å². The molecule has 2 aromatic rings. The van der Waals surface area contributed by atoms with Crippen LogP contribution in [0.3, 0.4) is 0 Å². The molecule has 184 valence electrons. The molecule has 1 aliphatic heterocycles. The molecule has 8 heteroatoms. The molecule has 2 N–H and O–H groups in total. The molecule has 1 heterocycles. The van der Waals surface area contributed by atoms with Crippen LogP contribution >= 0.6 is 11.8 Å². The fourth-order valence-corrected chi connectivity index (χ4v) is 6.87. The zero-order valence-corrected chi connectivity index (χ0v) is 20.3. The molecule has 2 fully saturated rings. The minimum Gasteiger partial charge on any atom is -0.480 e. The van der Waals surface area contributed by atoms with Crippen molar-refractivity contribution in [2.45, 2.75) is 37.6 Å². The van der Waals surface area contributed by atoms with E-state index < -0.39 is 18.1 Å². The first-order chi connectivity index (χ1) is 17.0. The largest absolute Gasteiger partial charge is 0.480 e. The molecule has 0 unspecified atom stereocenters. The molecule has 2 amide bonds. The Kier molecular flexibility index (Phi) is 7.00. The van der Waals surface area contributed by atoms with Crippen molar-refractivity contribution in [1.82, 2.24) is 10.2 Å². The Hall–Kier alpha value is -3.00. The molecular weight excluding hydrogens is 464 g/mol. The van der Waals surface area contributed by atoms with Gasteiger partial charge in [0.05, 0.1) is 5.88 Å². The molecule has 35 heavy (non-hydrogen) atoms. The van der Waals surface area contributed by atoms with Crippen LogP contribution in [0.1, 0.15) is 42.7 Å². The van der Waals surface area contributed by atoms with Gasteiger partial charge in [0, 0.05) is 24.1 Å². The molecule has 0 aromatic heterocycles. The average Bonchev–Trinajstić information content (AvgIpc) is 3.50. The van der Waals surface area contributed by atoms with E-state index in [1.807, 2.05) is 24.3 Å². The third-order valence-electron chi connectivity index (χ3n) is 7.53. The summed E-state index contributed by atoms with van der Waals surface area (Å²) in [6.45, 7) is 0.601. The maximum Gasteiger partial charge on any atom is 0.407 e. The van der Waals surface area contributed by atoms with E-state index in [4.69, 9.17) is 4.74 Å². The summed E-state index contributed by atoms with van der Waals surface area (Å²) >= 11 is 1.47. The number of benzene rings is 2. The highest BCUT2D eigenvalue weighted by molar-refractivity contribution is 7.99. The van der Waals surface area contributed by atoms with Gasteiger partial charge in [0.1, 0.15) is 12.6 Å². The molecule has 7 nitrogen and oxygen atoms in total. The van der Waals surface area contributed by atoms with Crippen molar-refractivity contribution in [1.29, 1.82) is 0 Å². The van der Waals surface area contributed by atoms with Crippen LogP contribution in [-0.4, -0.2) is 58.8 Å². The molecule has 1 saturated carbocycles. The van der Waals surface area contributed by atoms with Gasteiger partial charge in [-0.05, 0) is 41.0 Å². The SMILES string of the molecule is O=C(NC[C@H]1CCCC[C@H]1C(=O)N1CSC[C@H]1C(=O)O)OCC1c2ccccc2-c2ccccc21. The van der Waals surface area contributed by atoms with Crippen LogP contribution in [0.2, 0.25) is 0 Å². The lowest BCUT2D eigenvalue weighted by molar-refractivity contribution is -0.150. The smallest absolute Gasteiger partial charge is 0.407 e. The fraction of sp³-hybridized carbons (Fsp3) is 0.444. The van der Waals surface area contributed by atoms with Crippen LogP contribution in [-0.2, 0) is 14.3 Å². The lowest BCUT2D eigenvalue weighted by atomic mass is 9.78. The van der Waals surface area contributed by atoms with Crippen molar-refractivity contribution in [3.05, 3.63) is 59.7 Å². The van der Waals surface area contributed by atoms with E-state index in [2.05, 4.69) is 29.6 Å². The van der Waals surface area contributed by atoms with E-state index in [1.165, 1.54) is 27.8 Å². The number of fused-ring (bicyclic) bond motifs is 3. The van der Waals surface area contributed by atoms with Crippen LogP contribution in [0.4, 0.5) is 4.79 Å². The molecule has 3 aliphatic rings. The van der Waals surface area contributed by atoms with Crippen LogP contribution in [0.5, 0.6) is 0 Å². The number of hydrogen-bond acceptors (Lipinski definition) is 5. The van der Waals surface area contributed by atoms with E-state index >= 15 is 0 Å². The van der Waals surface area contributed by atoms with Gasteiger partial charge in [-0.3, -0.25) is 4.79 Å². The molecule has 5 rings (SSSR count). The van der Waals surface area contributed by atoms with Crippen molar-refractivity contribution >= 4 is 29.7 Å². The van der Waals surface area contributed by atoms with Gasteiger partial charge in [-0.2, -0.15) is 0 Å². The van der Waals surface area contributed by atoms with Crippen molar-refractivity contribution in [3.63, 3.8) is 0 Å². The molecule has 0 bridgehead atoms.